The first kappa shape index (κ1) is 20.0. The molecule has 0 saturated heterocycles. The Bertz CT molecular complexity index is 937. The van der Waals surface area contributed by atoms with E-state index in [1.165, 1.54) is 41.4 Å². The first-order valence-electron chi connectivity index (χ1n) is 7.66. The molecule has 140 valence electrons. The molecule has 0 radical (unpaired) electrons. The summed E-state index contributed by atoms with van der Waals surface area (Å²) < 4.78 is 28.1. The van der Waals surface area contributed by atoms with E-state index in [4.69, 9.17) is 9.88 Å². The van der Waals surface area contributed by atoms with Crippen LogP contribution in [-0.2, 0) is 26.2 Å². The van der Waals surface area contributed by atoms with Crippen molar-refractivity contribution in [3.63, 3.8) is 0 Å². The van der Waals surface area contributed by atoms with Gasteiger partial charge in [0, 0.05) is 18.8 Å². The van der Waals surface area contributed by atoms with Crippen LogP contribution in [0.3, 0.4) is 0 Å². The quantitative estimate of drug-likeness (QED) is 0.743. The Labute approximate surface area is 155 Å². The standard InChI is InChI=1S/C16H19N3O5S2/c1-4-19(11(3)20)16-18-12(9-25-16)8-24-15(21)14-7-13(26(17,22)23)6-5-10(14)2/h5-7,9H,4,8H2,1-3H3,(H2,17,22,23). The van der Waals surface area contributed by atoms with Gasteiger partial charge in [-0.15, -0.1) is 11.3 Å². The fourth-order valence-corrected chi connectivity index (χ4v) is 3.65. The molecule has 10 heteroatoms. The van der Waals surface area contributed by atoms with Crippen molar-refractivity contribution in [2.45, 2.75) is 32.3 Å². The van der Waals surface area contributed by atoms with E-state index in [1.807, 2.05) is 6.92 Å². The van der Waals surface area contributed by atoms with E-state index in [-0.39, 0.29) is 23.0 Å². The highest BCUT2D eigenvalue weighted by molar-refractivity contribution is 7.89. The van der Waals surface area contributed by atoms with E-state index in [0.29, 0.717) is 22.9 Å². The van der Waals surface area contributed by atoms with Gasteiger partial charge in [0.25, 0.3) is 0 Å². The number of hydrogen-bond donors (Lipinski definition) is 1. The molecule has 1 amide bonds. The molecule has 1 aromatic carbocycles. The molecule has 0 aliphatic carbocycles. The number of nitrogens with zero attached hydrogens (tertiary/aromatic N) is 2. The maximum absolute atomic E-state index is 12.3. The van der Waals surface area contributed by atoms with Gasteiger partial charge in [-0.2, -0.15) is 0 Å². The molecule has 2 aromatic rings. The van der Waals surface area contributed by atoms with E-state index < -0.39 is 16.0 Å². The molecule has 1 heterocycles. The number of aromatic nitrogens is 1. The third kappa shape index (κ3) is 4.65. The highest BCUT2D eigenvalue weighted by atomic mass is 32.2. The van der Waals surface area contributed by atoms with Crippen LogP contribution in [0.25, 0.3) is 0 Å². The SMILES string of the molecule is CCN(C(C)=O)c1nc(COC(=O)c2cc(S(N)(=O)=O)ccc2C)cs1. The zero-order valence-corrected chi connectivity index (χ0v) is 16.2. The normalized spacial score (nSPS) is 11.2. The lowest BCUT2D eigenvalue weighted by Crippen LogP contribution is -2.27. The molecule has 2 N–H and O–H groups in total. The number of nitrogens with two attached hydrogens (primary N) is 1. The second-order valence-corrected chi connectivity index (χ2v) is 7.88. The van der Waals surface area contributed by atoms with Gasteiger partial charge in [0.15, 0.2) is 5.13 Å². The van der Waals surface area contributed by atoms with Crippen LogP contribution in [0.5, 0.6) is 0 Å². The molecule has 0 unspecified atom stereocenters. The van der Waals surface area contributed by atoms with Crippen LogP contribution in [0.1, 0.15) is 35.5 Å². The summed E-state index contributed by atoms with van der Waals surface area (Å²) in [4.78, 5) is 29.4. The number of amides is 1. The van der Waals surface area contributed by atoms with Crippen LogP contribution >= 0.6 is 11.3 Å². The second kappa shape index (κ2) is 7.94. The number of carbonyl (C=O) groups is 2. The summed E-state index contributed by atoms with van der Waals surface area (Å²) >= 11 is 1.27. The number of primary sulfonamides is 1. The van der Waals surface area contributed by atoms with Gasteiger partial charge in [0.2, 0.25) is 15.9 Å². The molecular weight excluding hydrogens is 378 g/mol. The fourth-order valence-electron chi connectivity index (χ4n) is 2.19. The largest absolute Gasteiger partial charge is 0.456 e. The van der Waals surface area contributed by atoms with Crippen molar-refractivity contribution in [2.24, 2.45) is 5.14 Å². The number of benzene rings is 1. The zero-order chi connectivity index (χ0) is 19.5. The van der Waals surface area contributed by atoms with Gasteiger partial charge in [0.1, 0.15) is 6.61 Å². The second-order valence-electron chi connectivity index (χ2n) is 5.48. The molecule has 8 nitrogen and oxygen atoms in total. The number of ether oxygens (including phenoxy) is 1. The smallest absolute Gasteiger partial charge is 0.338 e. The predicted molar refractivity (Wildman–Crippen MR) is 97.5 cm³/mol. The number of sulfonamides is 1. The topological polar surface area (TPSA) is 120 Å². The lowest BCUT2D eigenvalue weighted by Gasteiger charge is -2.14. The number of carbonyl (C=O) groups excluding carboxylic acids is 2. The van der Waals surface area contributed by atoms with Crippen LogP contribution in [-0.4, -0.2) is 31.8 Å². The molecule has 0 saturated carbocycles. The van der Waals surface area contributed by atoms with E-state index in [9.17, 15) is 18.0 Å². The number of rotatable bonds is 6. The van der Waals surface area contributed by atoms with Crippen LogP contribution in [0.2, 0.25) is 0 Å². The van der Waals surface area contributed by atoms with Gasteiger partial charge >= 0.3 is 5.97 Å². The van der Waals surface area contributed by atoms with Crippen molar-refractivity contribution in [2.75, 3.05) is 11.4 Å². The first-order valence-corrected chi connectivity index (χ1v) is 10.1. The average Bonchev–Trinajstić information content (AvgIpc) is 3.00. The van der Waals surface area contributed by atoms with Crippen LogP contribution in [0.4, 0.5) is 5.13 Å². The Hall–Kier alpha value is -2.30. The summed E-state index contributed by atoms with van der Waals surface area (Å²) in [5.41, 5.74) is 1.18. The molecular formula is C16H19N3O5S2. The summed E-state index contributed by atoms with van der Waals surface area (Å²) in [6.07, 6.45) is 0. The van der Waals surface area contributed by atoms with Gasteiger partial charge in [-0.05, 0) is 31.5 Å². The monoisotopic (exact) mass is 397 g/mol. The molecule has 0 aliphatic heterocycles. The zero-order valence-electron chi connectivity index (χ0n) is 14.6. The minimum Gasteiger partial charge on any atom is -0.456 e. The molecule has 0 spiro atoms. The average molecular weight is 397 g/mol. The summed E-state index contributed by atoms with van der Waals surface area (Å²) in [6.45, 7) is 5.34. The third-order valence-corrected chi connectivity index (χ3v) is 5.40. The van der Waals surface area contributed by atoms with Gasteiger partial charge in [-0.3, -0.25) is 9.69 Å². The van der Waals surface area contributed by atoms with Crippen molar-refractivity contribution in [3.8, 4) is 0 Å². The van der Waals surface area contributed by atoms with E-state index >= 15 is 0 Å². The number of anilines is 1. The molecule has 0 atom stereocenters. The van der Waals surface area contributed by atoms with Crippen LogP contribution in [0.15, 0.2) is 28.5 Å². The predicted octanol–water partition coefficient (Wildman–Crippen LogP) is 1.83. The summed E-state index contributed by atoms with van der Waals surface area (Å²) in [7, 11) is -3.92. The van der Waals surface area contributed by atoms with E-state index in [2.05, 4.69) is 4.98 Å². The minimum atomic E-state index is -3.92. The van der Waals surface area contributed by atoms with Crippen molar-refractivity contribution in [1.82, 2.24) is 4.98 Å². The maximum Gasteiger partial charge on any atom is 0.338 e. The van der Waals surface area contributed by atoms with Crippen molar-refractivity contribution >= 4 is 38.4 Å². The number of esters is 1. The minimum absolute atomic E-state index is 0.0934. The van der Waals surface area contributed by atoms with Crippen molar-refractivity contribution < 1.29 is 22.7 Å². The van der Waals surface area contributed by atoms with Crippen molar-refractivity contribution in [3.05, 3.63) is 40.4 Å². The first-order chi connectivity index (χ1) is 12.1. The number of thiazole rings is 1. The highest BCUT2D eigenvalue weighted by Crippen LogP contribution is 2.22. The maximum atomic E-state index is 12.3. The third-order valence-electron chi connectivity index (χ3n) is 3.58. The van der Waals surface area contributed by atoms with Crippen LogP contribution in [0, 0.1) is 6.92 Å². The van der Waals surface area contributed by atoms with Crippen LogP contribution < -0.4 is 10.0 Å². The highest BCUT2D eigenvalue weighted by Gasteiger charge is 2.17. The number of aryl methyl sites for hydroxylation is 1. The van der Waals surface area contributed by atoms with E-state index in [0.717, 1.165) is 0 Å². The van der Waals surface area contributed by atoms with Gasteiger partial charge in [-0.25, -0.2) is 23.3 Å². The summed E-state index contributed by atoms with van der Waals surface area (Å²) in [5.74, 6) is -0.803. The molecule has 26 heavy (non-hydrogen) atoms. The molecule has 0 fully saturated rings. The lowest BCUT2D eigenvalue weighted by atomic mass is 10.1. The van der Waals surface area contributed by atoms with Gasteiger partial charge < -0.3 is 4.74 Å². The Morgan fingerprint density at radius 2 is 2.04 bits per heavy atom. The number of hydrogen-bond acceptors (Lipinski definition) is 7. The Morgan fingerprint density at radius 1 is 1.35 bits per heavy atom. The summed E-state index contributed by atoms with van der Waals surface area (Å²) in [5, 5.41) is 7.31. The molecule has 2 rings (SSSR count). The molecule has 0 aliphatic rings. The van der Waals surface area contributed by atoms with Gasteiger partial charge in [-0.1, -0.05) is 6.07 Å². The Kier molecular flexibility index (Phi) is 6.11. The fraction of sp³-hybridized carbons (Fsp3) is 0.312. The lowest BCUT2D eigenvalue weighted by molar-refractivity contribution is -0.116. The Morgan fingerprint density at radius 3 is 2.62 bits per heavy atom. The molecule has 1 aromatic heterocycles. The van der Waals surface area contributed by atoms with Gasteiger partial charge in [0.05, 0.1) is 16.2 Å². The summed E-state index contributed by atoms with van der Waals surface area (Å²) in [6, 6.07) is 4.01. The van der Waals surface area contributed by atoms with E-state index in [1.54, 1.807) is 12.3 Å². The van der Waals surface area contributed by atoms with Crippen molar-refractivity contribution in [1.29, 1.82) is 0 Å². The Balaban J connectivity index is 2.12. The molecule has 0 bridgehead atoms.